The Morgan fingerprint density at radius 3 is 2.58 bits per heavy atom. The van der Waals surface area contributed by atoms with Crippen LogP contribution >= 0.6 is 15.9 Å². The van der Waals surface area contributed by atoms with Gasteiger partial charge in [0.1, 0.15) is 0 Å². The number of carboxylic acids is 1. The summed E-state index contributed by atoms with van der Waals surface area (Å²) in [5.74, 6) is -1.33. The highest BCUT2D eigenvalue weighted by Gasteiger charge is 2.14. The van der Waals surface area contributed by atoms with Crippen molar-refractivity contribution in [2.45, 2.75) is 13.8 Å². The molecular formula is C13H11BrN2O3. The van der Waals surface area contributed by atoms with Crippen LogP contribution in [0.15, 0.2) is 33.7 Å². The lowest BCUT2D eigenvalue weighted by atomic mass is 10.2. The minimum atomic E-state index is -1.33. The maximum absolute atomic E-state index is 11.6. The van der Waals surface area contributed by atoms with Crippen molar-refractivity contribution in [3.63, 3.8) is 0 Å². The zero-order valence-corrected chi connectivity index (χ0v) is 11.9. The molecule has 0 radical (unpaired) electrons. The summed E-state index contributed by atoms with van der Waals surface area (Å²) in [6, 6.07) is 5.51. The van der Waals surface area contributed by atoms with Crippen molar-refractivity contribution in [2.24, 2.45) is 0 Å². The molecule has 1 aromatic carbocycles. The van der Waals surface area contributed by atoms with Crippen LogP contribution in [0.4, 0.5) is 0 Å². The molecule has 0 amide bonds. The standard InChI is InChI=1S/C13H11BrN2O3/c1-7-3-4-9(5-10(7)14)16-6-8(2)12(17)11(15-16)13(18)19/h3-6H,1-2H3,(H,18,19). The van der Waals surface area contributed by atoms with Crippen LogP contribution in [0, 0.1) is 13.8 Å². The van der Waals surface area contributed by atoms with E-state index in [9.17, 15) is 9.59 Å². The first kappa shape index (κ1) is 13.5. The maximum atomic E-state index is 11.6. The van der Waals surface area contributed by atoms with Crippen LogP contribution in [0.25, 0.3) is 5.69 Å². The van der Waals surface area contributed by atoms with Crippen molar-refractivity contribution in [1.29, 1.82) is 0 Å². The van der Waals surface area contributed by atoms with Gasteiger partial charge in [-0.1, -0.05) is 22.0 Å². The number of carboxylic acid groups (broad SMARTS) is 1. The van der Waals surface area contributed by atoms with Gasteiger partial charge in [0.2, 0.25) is 11.1 Å². The molecule has 2 rings (SSSR count). The molecular weight excluding hydrogens is 312 g/mol. The average molecular weight is 323 g/mol. The molecule has 0 aliphatic rings. The largest absolute Gasteiger partial charge is 0.476 e. The lowest BCUT2D eigenvalue weighted by Gasteiger charge is -2.09. The first-order chi connectivity index (χ1) is 8.90. The van der Waals surface area contributed by atoms with Gasteiger partial charge in [0.15, 0.2) is 0 Å². The molecule has 0 atom stereocenters. The Hall–Kier alpha value is -1.95. The van der Waals surface area contributed by atoms with Gasteiger partial charge >= 0.3 is 5.97 Å². The smallest absolute Gasteiger partial charge is 0.360 e. The first-order valence-electron chi connectivity index (χ1n) is 5.50. The van der Waals surface area contributed by atoms with E-state index < -0.39 is 17.1 Å². The van der Waals surface area contributed by atoms with Crippen LogP contribution < -0.4 is 5.43 Å². The third-order valence-corrected chi connectivity index (χ3v) is 3.57. The zero-order chi connectivity index (χ0) is 14.2. The molecule has 0 fully saturated rings. The van der Waals surface area contributed by atoms with Gasteiger partial charge in [-0.15, -0.1) is 0 Å². The third-order valence-electron chi connectivity index (χ3n) is 2.72. The van der Waals surface area contributed by atoms with Crippen molar-refractivity contribution in [3.05, 3.63) is 55.9 Å². The topological polar surface area (TPSA) is 72.2 Å². The molecule has 6 heteroatoms. The Balaban J connectivity index is 2.66. The second-order valence-corrected chi connectivity index (χ2v) is 5.03. The molecule has 0 unspecified atom stereocenters. The summed E-state index contributed by atoms with van der Waals surface area (Å²) in [4.78, 5) is 22.6. The number of hydrogen-bond acceptors (Lipinski definition) is 3. The van der Waals surface area contributed by atoms with Crippen molar-refractivity contribution in [2.75, 3.05) is 0 Å². The van der Waals surface area contributed by atoms with Crippen LogP contribution in [-0.4, -0.2) is 20.9 Å². The van der Waals surface area contributed by atoms with Crippen LogP contribution in [0.3, 0.4) is 0 Å². The number of hydrogen-bond donors (Lipinski definition) is 1. The van der Waals surface area contributed by atoms with E-state index in [2.05, 4.69) is 21.0 Å². The monoisotopic (exact) mass is 322 g/mol. The minimum absolute atomic E-state index is 0.337. The van der Waals surface area contributed by atoms with E-state index in [1.807, 2.05) is 25.1 Å². The molecule has 1 aromatic heterocycles. The Bertz CT molecular complexity index is 722. The zero-order valence-electron chi connectivity index (χ0n) is 10.3. The Morgan fingerprint density at radius 1 is 1.32 bits per heavy atom. The van der Waals surface area contributed by atoms with Crippen LogP contribution in [0.2, 0.25) is 0 Å². The summed E-state index contributed by atoms with van der Waals surface area (Å²) < 4.78 is 2.28. The number of aromatic nitrogens is 2. The van der Waals surface area contributed by atoms with Gasteiger partial charge in [-0.3, -0.25) is 4.79 Å². The lowest BCUT2D eigenvalue weighted by Crippen LogP contribution is -2.23. The van der Waals surface area contributed by atoms with E-state index in [0.29, 0.717) is 11.3 Å². The van der Waals surface area contributed by atoms with Crippen molar-refractivity contribution >= 4 is 21.9 Å². The fourth-order valence-corrected chi connectivity index (χ4v) is 1.97. The number of benzene rings is 1. The Labute approximate surface area is 117 Å². The summed E-state index contributed by atoms with van der Waals surface area (Å²) in [5, 5.41) is 12.8. The minimum Gasteiger partial charge on any atom is -0.476 e. The van der Waals surface area contributed by atoms with Crippen LogP contribution in [-0.2, 0) is 0 Å². The van der Waals surface area contributed by atoms with Gasteiger partial charge in [0, 0.05) is 16.2 Å². The molecule has 0 bridgehead atoms. The molecule has 0 aliphatic carbocycles. The van der Waals surface area contributed by atoms with Gasteiger partial charge < -0.3 is 5.11 Å². The summed E-state index contributed by atoms with van der Waals surface area (Å²) in [6.45, 7) is 3.51. The number of nitrogens with zero attached hydrogens (tertiary/aromatic N) is 2. The third kappa shape index (κ3) is 2.58. The second kappa shape index (κ2) is 4.97. The van der Waals surface area contributed by atoms with Gasteiger partial charge in [0.25, 0.3) is 0 Å². The number of aryl methyl sites for hydroxylation is 2. The molecule has 1 N–H and O–H groups in total. The van der Waals surface area contributed by atoms with E-state index >= 15 is 0 Å². The van der Waals surface area contributed by atoms with Gasteiger partial charge in [-0.25, -0.2) is 9.48 Å². The number of halogens is 1. The highest BCUT2D eigenvalue weighted by Crippen LogP contribution is 2.19. The number of carbonyl (C=O) groups is 1. The van der Waals surface area contributed by atoms with Crippen molar-refractivity contribution in [1.82, 2.24) is 9.78 Å². The normalized spacial score (nSPS) is 10.5. The predicted octanol–water partition coefficient (Wildman–Crippen LogP) is 2.31. The predicted molar refractivity (Wildman–Crippen MR) is 74.0 cm³/mol. The molecule has 0 aliphatic heterocycles. The van der Waals surface area contributed by atoms with Crippen LogP contribution in [0.1, 0.15) is 21.6 Å². The van der Waals surface area contributed by atoms with Crippen LogP contribution in [0.5, 0.6) is 0 Å². The van der Waals surface area contributed by atoms with Gasteiger partial charge in [0.05, 0.1) is 5.69 Å². The SMILES string of the molecule is Cc1ccc(-n2cc(C)c(=O)c(C(=O)O)n2)cc1Br. The summed E-state index contributed by atoms with van der Waals surface area (Å²) >= 11 is 3.40. The molecule has 19 heavy (non-hydrogen) atoms. The fourth-order valence-electron chi connectivity index (χ4n) is 1.61. The average Bonchev–Trinajstić information content (AvgIpc) is 2.35. The number of aromatic carboxylic acids is 1. The Morgan fingerprint density at radius 2 is 2.00 bits per heavy atom. The highest BCUT2D eigenvalue weighted by molar-refractivity contribution is 9.10. The number of rotatable bonds is 2. The van der Waals surface area contributed by atoms with E-state index in [0.717, 1.165) is 10.0 Å². The molecule has 98 valence electrons. The summed E-state index contributed by atoms with van der Waals surface area (Å²) in [7, 11) is 0. The molecule has 0 saturated heterocycles. The van der Waals surface area contributed by atoms with E-state index in [1.54, 1.807) is 6.92 Å². The molecule has 1 heterocycles. The molecule has 5 nitrogen and oxygen atoms in total. The van der Waals surface area contributed by atoms with Crippen molar-refractivity contribution < 1.29 is 9.90 Å². The van der Waals surface area contributed by atoms with E-state index in [4.69, 9.17) is 5.11 Å². The van der Waals surface area contributed by atoms with E-state index in [1.165, 1.54) is 10.9 Å². The summed E-state index contributed by atoms with van der Waals surface area (Å²) in [5.41, 5.74) is 1.04. The summed E-state index contributed by atoms with van der Waals surface area (Å²) in [6.07, 6.45) is 1.52. The second-order valence-electron chi connectivity index (χ2n) is 4.17. The van der Waals surface area contributed by atoms with Gasteiger partial charge in [-0.05, 0) is 31.5 Å². The highest BCUT2D eigenvalue weighted by atomic mass is 79.9. The lowest BCUT2D eigenvalue weighted by molar-refractivity contribution is 0.0686. The molecule has 0 spiro atoms. The quantitative estimate of drug-likeness (QED) is 0.920. The van der Waals surface area contributed by atoms with Gasteiger partial charge in [-0.2, -0.15) is 5.10 Å². The molecule has 0 saturated carbocycles. The first-order valence-corrected chi connectivity index (χ1v) is 6.30. The maximum Gasteiger partial charge on any atom is 0.360 e. The van der Waals surface area contributed by atoms with E-state index in [-0.39, 0.29) is 0 Å². The Kier molecular flexibility index (Phi) is 3.53. The molecule has 2 aromatic rings. The fraction of sp³-hybridized carbons (Fsp3) is 0.154. The van der Waals surface area contributed by atoms with Crippen molar-refractivity contribution in [3.8, 4) is 5.69 Å².